The van der Waals surface area contributed by atoms with Gasteiger partial charge in [0.05, 0.1) is 24.1 Å². The quantitative estimate of drug-likeness (QED) is 0.389. The Morgan fingerprint density at radius 3 is 2.56 bits per heavy atom. The zero-order chi connectivity index (χ0) is 22.7. The Morgan fingerprint density at radius 1 is 1.19 bits per heavy atom. The van der Waals surface area contributed by atoms with Gasteiger partial charge in [0.15, 0.2) is 5.13 Å². The summed E-state index contributed by atoms with van der Waals surface area (Å²) in [5.74, 6) is 0.0533. The number of halogens is 1. The number of carbonyl (C=O) groups is 1. The molecule has 8 heteroatoms. The van der Waals surface area contributed by atoms with Crippen LogP contribution in [-0.4, -0.2) is 22.6 Å². The van der Waals surface area contributed by atoms with Crippen LogP contribution in [-0.2, 0) is 13.0 Å². The number of aromatic nitrogens is 2. The molecule has 0 aliphatic carbocycles. The second kappa shape index (κ2) is 9.23. The Morgan fingerprint density at radius 2 is 1.91 bits per heavy atom. The lowest BCUT2D eigenvalue weighted by atomic mass is 10.1. The predicted molar refractivity (Wildman–Crippen MR) is 125 cm³/mol. The maximum atomic E-state index is 13.1. The van der Waals surface area contributed by atoms with Crippen molar-refractivity contribution in [1.29, 1.82) is 0 Å². The molecule has 4 rings (SSSR count). The van der Waals surface area contributed by atoms with Gasteiger partial charge < -0.3 is 20.4 Å². The molecular formula is C24H23FN4O2S. The topological polar surface area (TPSA) is 82.2 Å². The Hall–Kier alpha value is -3.65. The third kappa shape index (κ3) is 4.65. The number of hydrogen-bond acceptors (Lipinski definition) is 5. The molecule has 0 unspecified atom stereocenters. The number of anilines is 2. The molecule has 0 bridgehead atoms. The van der Waals surface area contributed by atoms with E-state index in [4.69, 9.17) is 10.5 Å². The highest BCUT2D eigenvalue weighted by molar-refractivity contribution is 7.14. The van der Waals surface area contributed by atoms with Crippen LogP contribution in [0.4, 0.5) is 15.2 Å². The number of primary amides is 1. The first-order chi connectivity index (χ1) is 15.4. The van der Waals surface area contributed by atoms with Gasteiger partial charge in [-0.1, -0.05) is 12.1 Å². The van der Waals surface area contributed by atoms with Crippen molar-refractivity contribution in [1.82, 2.24) is 9.55 Å². The van der Waals surface area contributed by atoms with Gasteiger partial charge in [-0.25, -0.2) is 9.37 Å². The van der Waals surface area contributed by atoms with Gasteiger partial charge in [0.2, 0.25) is 0 Å². The number of hydrogen-bond donors (Lipinski definition) is 2. The highest BCUT2D eigenvalue weighted by atomic mass is 32.1. The summed E-state index contributed by atoms with van der Waals surface area (Å²) in [6.45, 7) is 2.56. The number of aryl methyl sites for hydroxylation is 1. The minimum absolute atomic E-state index is 0.292. The van der Waals surface area contributed by atoms with Crippen molar-refractivity contribution in [2.75, 3.05) is 12.4 Å². The average molecular weight is 451 g/mol. The van der Waals surface area contributed by atoms with E-state index < -0.39 is 5.91 Å². The molecule has 0 atom stereocenters. The Bertz CT molecular complexity index is 1230. The van der Waals surface area contributed by atoms with E-state index in [1.165, 1.54) is 23.5 Å². The maximum absolute atomic E-state index is 13.1. The van der Waals surface area contributed by atoms with Crippen molar-refractivity contribution >= 4 is 28.1 Å². The number of nitrogens with zero attached hydrogens (tertiary/aromatic N) is 2. The summed E-state index contributed by atoms with van der Waals surface area (Å²) in [5.41, 5.74) is 10.4. The SMILES string of the molecule is COc1ccc(CCn2c(-c3csc(Nc4ccc(F)cc4)n3)cc(C(N)=O)c2C)cc1. The van der Waals surface area contributed by atoms with E-state index in [0.29, 0.717) is 17.2 Å². The number of methoxy groups -OCH3 is 1. The van der Waals surface area contributed by atoms with Gasteiger partial charge in [-0.3, -0.25) is 4.79 Å². The summed E-state index contributed by atoms with van der Waals surface area (Å²) in [6, 6.07) is 15.8. The molecule has 1 amide bonds. The van der Waals surface area contributed by atoms with Gasteiger partial charge in [0.1, 0.15) is 11.6 Å². The number of nitrogens with two attached hydrogens (primary N) is 1. The Balaban J connectivity index is 1.60. The van der Waals surface area contributed by atoms with Gasteiger partial charge in [-0.2, -0.15) is 0 Å². The van der Waals surface area contributed by atoms with E-state index in [9.17, 15) is 9.18 Å². The first-order valence-electron chi connectivity index (χ1n) is 10.1. The summed E-state index contributed by atoms with van der Waals surface area (Å²) in [7, 11) is 1.64. The molecule has 3 N–H and O–H groups in total. The largest absolute Gasteiger partial charge is 0.497 e. The number of benzene rings is 2. The average Bonchev–Trinajstić information content (AvgIpc) is 3.38. The molecule has 0 saturated heterocycles. The molecule has 0 aliphatic heterocycles. The molecule has 2 aromatic heterocycles. The molecule has 32 heavy (non-hydrogen) atoms. The van der Waals surface area contributed by atoms with Crippen LogP contribution in [0.15, 0.2) is 60.0 Å². The molecule has 164 valence electrons. The van der Waals surface area contributed by atoms with Crippen LogP contribution in [0, 0.1) is 12.7 Å². The van der Waals surface area contributed by atoms with Crippen molar-refractivity contribution in [3.63, 3.8) is 0 Å². The summed E-state index contributed by atoms with van der Waals surface area (Å²) in [6.07, 6.45) is 0.773. The van der Waals surface area contributed by atoms with Crippen molar-refractivity contribution in [2.24, 2.45) is 5.73 Å². The fourth-order valence-corrected chi connectivity index (χ4v) is 4.26. The van der Waals surface area contributed by atoms with Crippen LogP contribution in [0.2, 0.25) is 0 Å². The second-order valence-electron chi connectivity index (χ2n) is 7.31. The van der Waals surface area contributed by atoms with E-state index in [-0.39, 0.29) is 5.82 Å². The van der Waals surface area contributed by atoms with Crippen LogP contribution in [0.25, 0.3) is 11.4 Å². The van der Waals surface area contributed by atoms with E-state index >= 15 is 0 Å². The van der Waals surface area contributed by atoms with Crippen LogP contribution in [0.3, 0.4) is 0 Å². The molecule has 0 spiro atoms. The molecular weight excluding hydrogens is 427 g/mol. The number of amides is 1. The van der Waals surface area contributed by atoms with Gasteiger partial charge in [-0.15, -0.1) is 11.3 Å². The van der Waals surface area contributed by atoms with Crippen LogP contribution >= 0.6 is 11.3 Å². The molecule has 4 aromatic rings. The van der Waals surface area contributed by atoms with Gasteiger partial charge in [-0.05, 0) is 61.4 Å². The number of thiazole rings is 1. The fraction of sp³-hybridized carbons (Fsp3) is 0.167. The summed E-state index contributed by atoms with van der Waals surface area (Å²) >= 11 is 1.43. The first kappa shape index (κ1) is 21.6. The van der Waals surface area contributed by atoms with Crippen molar-refractivity contribution in [3.8, 4) is 17.1 Å². The predicted octanol–water partition coefficient (Wildman–Crippen LogP) is 5.15. The summed E-state index contributed by atoms with van der Waals surface area (Å²) < 4.78 is 20.4. The molecule has 0 aliphatic rings. The molecule has 6 nitrogen and oxygen atoms in total. The fourth-order valence-electron chi connectivity index (χ4n) is 3.53. The molecule has 2 aromatic carbocycles. The normalized spacial score (nSPS) is 10.8. The van der Waals surface area contributed by atoms with E-state index in [1.54, 1.807) is 25.3 Å². The van der Waals surface area contributed by atoms with Crippen LogP contribution in [0.5, 0.6) is 5.75 Å². The number of ether oxygens (including phenoxy) is 1. The molecule has 0 radical (unpaired) electrons. The van der Waals surface area contributed by atoms with Gasteiger partial charge in [0, 0.05) is 23.3 Å². The molecule has 0 saturated carbocycles. The van der Waals surface area contributed by atoms with Crippen LogP contribution < -0.4 is 15.8 Å². The smallest absolute Gasteiger partial charge is 0.250 e. The minimum atomic E-state index is -0.466. The highest BCUT2D eigenvalue weighted by Crippen LogP contribution is 2.31. The van der Waals surface area contributed by atoms with E-state index in [1.807, 2.05) is 36.6 Å². The lowest BCUT2D eigenvalue weighted by molar-refractivity contribution is 0.0999. The zero-order valence-corrected chi connectivity index (χ0v) is 18.6. The van der Waals surface area contributed by atoms with Gasteiger partial charge in [0.25, 0.3) is 5.91 Å². The van der Waals surface area contributed by atoms with E-state index in [0.717, 1.165) is 40.5 Å². The van der Waals surface area contributed by atoms with Crippen molar-refractivity contribution < 1.29 is 13.9 Å². The number of carbonyl (C=O) groups excluding carboxylic acids is 1. The standard InChI is InChI=1S/C24H23FN4O2S/c1-15-20(23(26)30)13-22(29(15)12-11-16-3-9-19(31-2)10-4-16)21-14-32-24(28-21)27-18-7-5-17(25)6-8-18/h3-10,13-14H,11-12H2,1-2H3,(H2,26,30)(H,27,28). The Kier molecular flexibility index (Phi) is 6.23. The van der Waals surface area contributed by atoms with Gasteiger partial charge >= 0.3 is 0 Å². The third-order valence-electron chi connectivity index (χ3n) is 5.28. The second-order valence-corrected chi connectivity index (χ2v) is 8.17. The van der Waals surface area contributed by atoms with Crippen LogP contribution in [0.1, 0.15) is 21.6 Å². The number of nitrogens with one attached hydrogen (secondary N) is 1. The number of rotatable bonds is 8. The summed E-state index contributed by atoms with van der Waals surface area (Å²) in [5, 5.41) is 5.78. The summed E-state index contributed by atoms with van der Waals surface area (Å²) in [4.78, 5) is 16.6. The van der Waals surface area contributed by atoms with E-state index in [2.05, 4.69) is 14.9 Å². The Labute approximate surface area is 189 Å². The molecule has 0 fully saturated rings. The van der Waals surface area contributed by atoms with Crippen molar-refractivity contribution in [2.45, 2.75) is 19.9 Å². The molecule has 2 heterocycles. The van der Waals surface area contributed by atoms with Crippen molar-refractivity contribution in [3.05, 3.63) is 82.6 Å². The maximum Gasteiger partial charge on any atom is 0.250 e. The highest BCUT2D eigenvalue weighted by Gasteiger charge is 2.18. The lowest BCUT2D eigenvalue weighted by Crippen LogP contribution is -2.13. The monoisotopic (exact) mass is 450 g/mol. The first-order valence-corrected chi connectivity index (χ1v) is 10.9. The zero-order valence-electron chi connectivity index (χ0n) is 17.8. The lowest BCUT2D eigenvalue weighted by Gasteiger charge is -2.11. The minimum Gasteiger partial charge on any atom is -0.497 e. The third-order valence-corrected chi connectivity index (χ3v) is 6.03.